The predicted octanol–water partition coefficient (Wildman–Crippen LogP) is 3.11. The number of anilines is 1. The van der Waals surface area contributed by atoms with Crippen LogP contribution in [0.5, 0.6) is 0 Å². The van der Waals surface area contributed by atoms with Crippen LogP contribution in [-0.2, 0) is 10.0 Å². The van der Waals surface area contributed by atoms with Crippen LogP contribution in [-0.4, -0.2) is 31.7 Å². The first-order valence-electron chi connectivity index (χ1n) is 7.33. The molecule has 0 radical (unpaired) electrons. The fourth-order valence-corrected chi connectivity index (χ4v) is 3.21. The topological polar surface area (TPSA) is 66.1 Å². The van der Waals surface area contributed by atoms with E-state index in [-0.39, 0.29) is 5.92 Å². The molecule has 0 aliphatic rings. The summed E-state index contributed by atoms with van der Waals surface area (Å²) in [5.74, 6) is 0.115. The molecule has 0 saturated carbocycles. The van der Waals surface area contributed by atoms with Crippen LogP contribution < -0.4 is 4.31 Å². The van der Waals surface area contributed by atoms with E-state index >= 15 is 0 Å². The molecule has 23 heavy (non-hydrogen) atoms. The highest BCUT2D eigenvalue weighted by molar-refractivity contribution is 7.92. The summed E-state index contributed by atoms with van der Waals surface area (Å²) in [4.78, 5) is 7.31. The van der Waals surface area contributed by atoms with Crippen LogP contribution in [0.2, 0.25) is 0 Å². The van der Waals surface area contributed by atoms with Gasteiger partial charge in [-0.3, -0.25) is 4.31 Å². The molecule has 6 heteroatoms. The van der Waals surface area contributed by atoms with Gasteiger partial charge in [-0.25, -0.2) is 13.4 Å². The lowest BCUT2D eigenvalue weighted by atomic mass is 9.92. The van der Waals surface area contributed by atoms with Crippen molar-refractivity contribution in [1.29, 1.82) is 0 Å². The van der Waals surface area contributed by atoms with Crippen molar-refractivity contribution in [3.05, 3.63) is 60.2 Å². The van der Waals surface area contributed by atoms with Gasteiger partial charge in [0.1, 0.15) is 0 Å². The molecule has 0 amide bonds. The van der Waals surface area contributed by atoms with Crippen molar-refractivity contribution < 1.29 is 8.42 Å². The Hall–Kier alpha value is -2.34. The number of H-pyrrole nitrogens is 1. The molecule has 0 saturated heterocycles. The maximum absolute atomic E-state index is 11.8. The summed E-state index contributed by atoms with van der Waals surface area (Å²) in [5, 5.41) is 2.12. The van der Waals surface area contributed by atoms with E-state index in [4.69, 9.17) is 0 Å². The van der Waals surface area contributed by atoms with Gasteiger partial charge in [-0.05, 0) is 28.5 Å². The number of aromatic amines is 1. The second kappa shape index (κ2) is 5.70. The highest BCUT2D eigenvalue weighted by Gasteiger charge is 2.16. The molecule has 1 unspecified atom stereocenters. The van der Waals surface area contributed by atoms with Crippen LogP contribution >= 0.6 is 0 Å². The van der Waals surface area contributed by atoms with Crippen molar-refractivity contribution in [2.45, 2.75) is 12.8 Å². The van der Waals surface area contributed by atoms with Crippen molar-refractivity contribution in [3.63, 3.8) is 0 Å². The molecular weight excluding hydrogens is 310 g/mol. The van der Waals surface area contributed by atoms with Crippen LogP contribution in [0.1, 0.15) is 24.1 Å². The molecule has 2 aromatic carbocycles. The number of aromatic nitrogens is 2. The molecular formula is C17H19N3O2S. The van der Waals surface area contributed by atoms with Gasteiger partial charge in [-0.15, -0.1) is 0 Å². The Bertz CT molecular complexity index is 934. The van der Waals surface area contributed by atoms with Gasteiger partial charge in [0.25, 0.3) is 0 Å². The van der Waals surface area contributed by atoms with Crippen molar-refractivity contribution in [2.75, 3.05) is 17.6 Å². The molecule has 0 fully saturated rings. The summed E-state index contributed by atoms with van der Waals surface area (Å²) in [6, 6.07) is 11.8. The SMILES string of the molecule is CC(c1c[nH]cn1)c1cccc2ccc(N(C)S(C)(=O)=O)cc12. The normalized spacial score (nSPS) is 13.2. The molecule has 120 valence electrons. The van der Waals surface area contributed by atoms with Gasteiger partial charge in [0.05, 0.1) is 24.0 Å². The van der Waals surface area contributed by atoms with E-state index in [1.807, 2.05) is 36.5 Å². The van der Waals surface area contributed by atoms with Crippen LogP contribution in [0, 0.1) is 0 Å². The average Bonchev–Trinajstić information content (AvgIpc) is 3.06. The van der Waals surface area contributed by atoms with Gasteiger partial charge in [-0.1, -0.05) is 31.2 Å². The van der Waals surface area contributed by atoms with Crippen molar-refractivity contribution in [3.8, 4) is 0 Å². The van der Waals surface area contributed by atoms with Gasteiger partial charge < -0.3 is 4.98 Å². The van der Waals surface area contributed by atoms with E-state index in [1.165, 1.54) is 10.6 Å². The molecule has 3 rings (SSSR count). The van der Waals surface area contributed by atoms with Crippen LogP contribution in [0.15, 0.2) is 48.9 Å². The second-order valence-electron chi connectivity index (χ2n) is 5.70. The Kier molecular flexibility index (Phi) is 3.85. The average molecular weight is 329 g/mol. The van der Waals surface area contributed by atoms with Gasteiger partial charge in [0, 0.05) is 19.2 Å². The predicted molar refractivity (Wildman–Crippen MR) is 93.3 cm³/mol. The second-order valence-corrected chi connectivity index (χ2v) is 7.71. The van der Waals surface area contributed by atoms with E-state index in [0.29, 0.717) is 5.69 Å². The Balaban J connectivity index is 2.16. The number of nitrogens with zero attached hydrogens (tertiary/aromatic N) is 2. The standard InChI is InChI=1S/C17H19N3O2S/c1-12(17-10-18-11-19-17)15-6-4-5-13-7-8-14(9-16(13)15)20(2)23(3,21)22/h4-12H,1-3H3,(H,18,19). The molecule has 5 nitrogen and oxygen atoms in total. The Morgan fingerprint density at radius 3 is 2.65 bits per heavy atom. The van der Waals surface area contributed by atoms with Crippen molar-refractivity contribution in [1.82, 2.24) is 9.97 Å². The van der Waals surface area contributed by atoms with E-state index in [9.17, 15) is 8.42 Å². The number of fused-ring (bicyclic) bond motifs is 1. The Labute approximate surface area is 136 Å². The van der Waals surface area contributed by atoms with Crippen LogP contribution in [0.4, 0.5) is 5.69 Å². The monoisotopic (exact) mass is 329 g/mol. The first-order chi connectivity index (χ1) is 10.9. The first kappa shape index (κ1) is 15.6. The smallest absolute Gasteiger partial charge is 0.231 e. The summed E-state index contributed by atoms with van der Waals surface area (Å²) in [6.07, 6.45) is 4.76. The zero-order chi connectivity index (χ0) is 16.6. The highest BCUT2D eigenvalue weighted by atomic mass is 32.2. The third-order valence-corrected chi connectivity index (χ3v) is 5.40. The van der Waals surface area contributed by atoms with Crippen molar-refractivity contribution >= 4 is 26.5 Å². The number of rotatable bonds is 4. The summed E-state index contributed by atoms with van der Waals surface area (Å²) in [7, 11) is -1.72. The highest BCUT2D eigenvalue weighted by Crippen LogP contribution is 2.32. The lowest BCUT2D eigenvalue weighted by molar-refractivity contribution is 0.600. The van der Waals surface area contributed by atoms with E-state index in [0.717, 1.165) is 22.0 Å². The van der Waals surface area contributed by atoms with Gasteiger partial charge >= 0.3 is 0 Å². The van der Waals surface area contributed by atoms with E-state index in [2.05, 4.69) is 23.0 Å². The molecule has 0 bridgehead atoms. The fraction of sp³-hybridized carbons (Fsp3) is 0.235. The number of imidazole rings is 1. The minimum Gasteiger partial charge on any atom is -0.351 e. The molecule has 3 aromatic rings. The van der Waals surface area contributed by atoms with Gasteiger partial charge in [0.15, 0.2) is 0 Å². The number of nitrogens with one attached hydrogen (secondary N) is 1. The first-order valence-corrected chi connectivity index (χ1v) is 9.18. The molecule has 0 aliphatic carbocycles. The Morgan fingerprint density at radius 2 is 2.00 bits per heavy atom. The van der Waals surface area contributed by atoms with E-state index < -0.39 is 10.0 Å². The Morgan fingerprint density at radius 1 is 1.22 bits per heavy atom. The van der Waals surface area contributed by atoms with E-state index in [1.54, 1.807) is 13.4 Å². The number of benzene rings is 2. The molecule has 0 spiro atoms. The molecule has 0 aliphatic heterocycles. The molecule has 1 heterocycles. The maximum atomic E-state index is 11.8. The summed E-state index contributed by atoms with van der Waals surface area (Å²) in [6.45, 7) is 2.10. The molecule has 1 N–H and O–H groups in total. The van der Waals surface area contributed by atoms with Gasteiger partial charge in [0.2, 0.25) is 10.0 Å². The number of hydrogen-bond acceptors (Lipinski definition) is 3. The number of sulfonamides is 1. The van der Waals surface area contributed by atoms with Crippen LogP contribution in [0.3, 0.4) is 0 Å². The largest absolute Gasteiger partial charge is 0.351 e. The molecule has 1 atom stereocenters. The summed E-state index contributed by atoms with van der Waals surface area (Å²) in [5.41, 5.74) is 2.74. The minimum absolute atomic E-state index is 0.115. The van der Waals surface area contributed by atoms with Crippen LogP contribution in [0.25, 0.3) is 10.8 Å². The minimum atomic E-state index is -3.28. The number of hydrogen-bond donors (Lipinski definition) is 1. The lowest BCUT2D eigenvalue weighted by Gasteiger charge is -2.19. The van der Waals surface area contributed by atoms with Gasteiger partial charge in [-0.2, -0.15) is 0 Å². The zero-order valence-electron chi connectivity index (χ0n) is 13.3. The van der Waals surface area contributed by atoms with Crippen molar-refractivity contribution in [2.24, 2.45) is 0 Å². The summed E-state index contributed by atoms with van der Waals surface area (Å²) < 4.78 is 24.9. The fourth-order valence-electron chi connectivity index (χ4n) is 2.72. The molecule has 1 aromatic heterocycles. The zero-order valence-corrected chi connectivity index (χ0v) is 14.1. The lowest BCUT2D eigenvalue weighted by Crippen LogP contribution is -2.24. The third kappa shape index (κ3) is 2.94. The summed E-state index contributed by atoms with van der Waals surface area (Å²) >= 11 is 0. The quantitative estimate of drug-likeness (QED) is 0.800. The third-order valence-electron chi connectivity index (χ3n) is 4.19. The maximum Gasteiger partial charge on any atom is 0.231 e.